The van der Waals surface area contributed by atoms with Crippen molar-refractivity contribution in [1.82, 2.24) is 10.2 Å². The molecule has 3 rings (SSSR count). The number of aryl methyl sites for hydroxylation is 1. The van der Waals surface area contributed by atoms with E-state index in [2.05, 4.69) is 5.32 Å². The van der Waals surface area contributed by atoms with Crippen LogP contribution in [0, 0.1) is 6.92 Å². The minimum absolute atomic E-state index is 0.0391. The number of nitrogens with zero attached hydrogens (tertiary/aromatic N) is 2. The molecular weight excluding hydrogens is 522 g/mol. The molecule has 9 heteroatoms. The van der Waals surface area contributed by atoms with E-state index >= 15 is 0 Å². The average Bonchev–Trinajstić information content (AvgIpc) is 2.88. The maximum atomic E-state index is 13.8. The van der Waals surface area contributed by atoms with E-state index < -0.39 is 28.5 Å². The molecule has 1 N–H and O–H groups in total. The first-order valence-electron chi connectivity index (χ1n) is 12.5. The third kappa shape index (κ3) is 7.36. The highest BCUT2D eigenvalue weighted by atomic mass is 35.5. The lowest BCUT2D eigenvalue weighted by atomic mass is 10.1. The van der Waals surface area contributed by atoms with Crippen LogP contribution in [0.1, 0.15) is 31.9 Å². The first kappa shape index (κ1) is 29.2. The van der Waals surface area contributed by atoms with Crippen molar-refractivity contribution < 1.29 is 18.0 Å². The topological polar surface area (TPSA) is 86.8 Å². The van der Waals surface area contributed by atoms with Crippen LogP contribution >= 0.6 is 11.6 Å². The highest BCUT2D eigenvalue weighted by Crippen LogP contribution is 2.30. The number of carbonyl (C=O) groups excluding carboxylic acids is 2. The van der Waals surface area contributed by atoms with E-state index in [1.165, 1.54) is 17.0 Å². The molecule has 38 heavy (non-hydrogen) atoms. The first-order valence-corrected chi connectivity index (χ1v) is 14.3. The summed E-state index contributed by atoms with van der Waals surface area (Å²) in [5.41, 5.74) is 2.09. The molecule has 2 amide bonds. The van der Waals surface area contributed by atoms with Gasteiger partial charge in [0.05, 0.1) is 15.6 Å². The highest BCUT2D eigenvalue weighted by molar-refractivity contribution is 7.92. The fourth-order valence-corrected chi connectivity index (χ4v) is 5.70. The van der Waals surface area contributed by atoms with Crippen LogP contribution < -0.4 is 9.62 Å². The fourth-order valence-electron chi connectivity index (χ4n) is 3.98. The number of carbonyl (C=O) groups is 2. The molecule has 0 saturated heterocycles. The van der Waals surface area contributed by atoms with Crippen LogP contribution in [0.15, 0.2) is 83.8 Å². The molecule has 0 fully saturated rings. The zero-order valence-electron chi connectivity index (χ0n) is 22.1. The minimum Gasteiger partial charge on any atom is -0.352 e. The maximum Gasteiger partial charge on any atom is 0.264 e. The van der Waals surface area contributed by atoms with Crippen LogP contribution in [0.25, 0.3) is 0 Å². The number of nitrogens with one attached hydrogen (secondary N) is 1. The van der Waals surface area contributed by atoms with Crippen molar-refractivity contribution in [3.63, 3.8) is 0 Å². The molecule has 0 bridgehead atoms. The normalized spacial score (nSPS) is 12.2. The van der Waals surface area contributed by atoms with E-state index in [-0.39, 0.29) is 34.1 Å². The molecule has 0 saturated carbocycles. The number of amides is 2. The van der Waals surface area contributed by atoms with Gasteiger partial charge in [-0.15, -0.1) is 0 Å². The second kappa shape index (κ2) is 12.9. The summed E-state index contributed by atoms with van der Waals surface area (Å²) < 4.78 is 28.6. The smallest absolute Gasteiger partial charge is 0.264 e. The lowest BCUT2D eigenvalue weighted by molar-refractivity contribution is -0.139. The Morgan fingerprint density at radius 1 is 0.895 bits per heavy atom. The predicted molar refractivity (Wildman–Crippen MR) is 152 cm³/mol. The zero-order chi connectivity index (χ0) is 27.9. The van der Waals surface area contributed by atoms with Gasteiger partial charge >= 0.3 is 0 Å². The molecule has 0 radical (unpaired) electrons. The maximum absolute atomic E-state index is 13.8. The zero-order valence-corrected chi connectivity index (χ0v) is 23.7. The van der Waals surface area contributed by atoms with E-state index in [4.69, 9.17) is 11.6 Å². The number of anilines is 1. The number of hydrogen-bond acceptors (Lipinski definition) is 4. The number of benzene rings is 3. The molecule has 202 valence electrons. The predicted octanol–water partition coefficient (Wildman–Crippen LogP) is 4.83. The summed E-state index contributed by atoms with van der Waals surface area (Å²) >= 11 is 6.42. The van der Waals surface area contributed by atoms with Crippen molar-refractivity contribution in [2.75, 3.05) is 17.4 Å². The van der Waals surface area contributed by atoms with E-state index in [0.717, 1.165) is 15.4 Å². The molecule has 7 nitrogen and oxygen atoms in total. The number of halogens is 1. The van der Waals surface area contributed by atoms with Crippen molar-refractivity contribution in [1.29, 1.82) is 0 Å². The van der Waals surface area contributed by atoms with Gasteiger partial charge in [-0.1, -0.05) is 71.8 Å². The van der Waals surface area contributed by atoms with Crippen molar-refractivity contribution in [3.05, 3.63) is 95.0 Å². The van der Waals surface area contributed by atoms with Gasteiger partial charge in [-0.05, 0) is 63.9 Å². The van der Waals surface area contributed by atoms with Crippen LogP contribution in [0.3, 0.4) is 0 Å². The van der Waals surface area contributed by atoms with Crippen LogP contribution in [0.5, 0.6) is 0 Å². The van der Waals surface area contributed by atoms with E-state index in [0.29, 0.717) is 6.42 Å². The Balaban J connectivity index is 1.99. The standard InChI is InChI=1S/C29H34ClN3O4S/c1-21(2)31-29(35)23(4)32(19-18-24-10-6-5-7-11-24)28(34)20-33(27-13-9-8-12-26(27)30)38(36,37)25-16-14-22(3)15-17-25/h5-17,21,23H,18-20H2,1-4H3,(H,31,35)/t23-/m0/s1. The molecule has 3 aromatic rings. The molecule has 0 unspecified atom stereocenters. The van der Waals surface area contributed by atoms with Gasteiger partial charge in [-0.3, -0.25) is 13.9 Å². The van der Waals surface area contributed by atoms with Crippen molar-refractivity contribution in [2.45, 2.75) is 51.1 Å². The molecule has 3 aromatic carbocycles. The fraction of sp³-hybridized carbons (Fsp3) is 0.310. The van der Waals surface area contributed by atoms with Gasteiger partial charge in [-0.25, -0.2) is 8.42 Å². The Morgan fingerprint density at radius 3 is 2.11 bits per heavy atom. The Kier molecular flexibility index (Phi) is 9.94. The van der Waals surface area contributed by atoms with Gasteiger partial charge in [-0.2, -0.15) is 0 Å². The van der Waals surface area contributed by atoms with E-state index in [1.54, 1.807) is 43.3 Å². The molecule has 0 heterocycles. The summed E-state index contributed by atoms with van der Waals surface area (Å²) in [6.45, 7) is 6.90. The first-order chi connectivity index (χ1) is 18.0. The molecule has 0 aliphatic rings. The summed E-state index contributed by atoms with van der Waals surface area (Å²) in [7, 11) is -4.15. The third-order valence-electron chi connectivity index (χ3n) is 6.09. The Morgan fingerprint density at radius 2 is 1.50 bits per heavy atom. The molecule has 0 aliphatic heterocycles. The Hall–Kier alpha value is -3.36. The van der Waals surface area contributed by atoms with Gasteiger partial charge in [0.1, 0.15) is 12.6 Å². The second-order valence-corrected chi connectivity index (χ2v) is 11.7. The SMILES string of the molecule is Cc1ccc(S(=O)(=O)N(CC(=O)N(CCc2ccccc2)[C@@H](C)C(=O)NC(C)C)c2ccccc2Cl)cc1. The average molecular weight is 556 g/mol. The second-order valence-electron chi connectivity index (χ2n) is 9.44. The lowest BCUT2D eigenvalue weighted by Gasteiger charge is -2.32. The summed E-state index contributed by atoms with van der Waals surface area (Å²) in [5.74, 6) is -0.824. The van der Waals surface area contributed by atoms with Gasteiger partial charge in [0, 0.05) is 12.6 Å². The molecular formula is C29H34ClN3O4S. The lowest BCUT2D eigenvalue weighted by Crippen LogP contribution is -2.53. The molecule has 0 aliphatic carbocycles. The third-order valence-corrected chi connectivity index (χ3v) is 8.18. The number of hydrogen-bond donors (Lipinski definition) is 1. The van der Waals surface area contributed by atoms with Gasteiger partial charge < -0.3 is 10.2 Å². The summed E-state index contributed by atoms with van der Waals surface area (Å²) in [6.07, 6.45) is 0.503. The number of para-hydroxylation sites is 1. The minimum atomic E-state index is -4.15. The van der Waals surface area contributed by atoms with Crippen LogP contribution in [-0.4, -0.2) is 50.3 Å². The number of sulfonamides is 1. The van der Waals surface area contributed by atoms with Crippen molar-refractivity contribution in [3.8, 4) is 0 Å². The monoisotopic (exact) mass is 555 g/mol. The van der Waals surface area contributed by atoms with Crippen LogP contribution in [0.2, 0.25) is 5.02 Å². The Labute approximate surface area is 230 Å². The van der Waals surface area contributed by atoms with Crippen molar-refractivity contribution >= 4 is 39.1 Å². The summed E-state index contributed by atoms with van der Waals surface area (Å²) in [6, 6.07) is 21.6. The summed E-state index contributed by atoms with van der Waals surface area (Å²) in [5, 5.41) is 3.04. The van der Waals surface area contributed by atoms with Crippen LogP contribution in [-0.2, 0) is 26.0 Å². The van der Waals surface area contributed by atoms with Crippen molar-refractivity contribution in [2.24, 2.45) is 0 Å². The van der Waals surface area contributed by atoms with Gasteiger partial charge in [0.15, 0.2) is 0 Å². The Bertz CT molecular complexity index is 1350. The molecule has 0 aromatic heterocycles. The van der Waals surface area contributed by atoms with Gasteiger partial charge in [0.25, 0.3) is 10.0 Å². The van der Waals surface area contributed by atoms with E-state index in [9.17, 15) is 18.0 Å². The molecule has 0 spiro atoms. The quantitative estimate of drug-likeness (QED) is 0.367. The van der Waals surface area contributed by atoms with E-state index in [1.807, 2.05) is 51.1 Å². The highest BCUT2D eigenvalue weighted by Gasteiger charge is 2.33. The van der Waals surface area contributed by atoms with Crippen LogP contribution in [0.4, 0.5) is 5.69 Å². The molecule has 1 atom stereocenters. The number of rotatable bonds is 11. The summed E-state index contributed by atoms with van der Waals surface area (Å²) in [4.78, 5) is 28.2. The van der Waals surface area contributed by atoms with Gasteiger partial charge in [0.2, 0.25) is 11.8 Å². The largest absolute Gasteiger partial charge is 0.352 e.